The van der Waals surface area contributed by atoms with Crippen LogP contribution in [0.4, 0.5) is 0 Å². The lowest BCUT2D eigenvalue weighted by atomic mass is 9.92. The number of benzene rings is 1. The van der Waals surface area contributed by atoms with E-state index in [9.17, 15) is 9.59 Å². The topological polar surface area (TPSA) is 78.4 Å². The summed E-state index contributed by atoms with van der Waals surface area (Å²) in [6.45, 7) is 8.04. The van der Waals surface area contributed by atoms with Crippen LogP contribution < -0.4 is 5.32 Å². The van der Waals surface area contributed by atoms with Crippen LogP contribution in [0.3, 0.4) is 0 Å². The molecule has 2 aromatic rings. The van der Waals surface area contributed by atoms with E-state index in [0.717, 1.165) is 64.1 Å². The zero-order chi connectivity index (χ0) is 23.2. The molecular formula is C26H35N5O2. The van der Waals surface area contributed by atoms with Crippen LogP contribution in [0, 0.1) is 19.8 Å². The minimum atomic E-state index is -0.0129. The fourth-order valence-electron chi connectivity index (χ4n) is 4.98. The largest absolute Gasteiger partial charge is 0.352 e. The predicted octanol–water partition coefficient (Wildman–Crippen LogP) is 3.12. The fourth-order valence-corrected chi connectivity index (χ4v) is 4.98. The van der Waals surface area contributed by atoms with Gasteiger partial charge in [0, 0.05) is 50.9 Å². The van der Waals surface area contributed by atoms with Crippen molar-refractivity contribution in [1.82, 2.24) is 25.1 Å². The molecule has 2 aliphatic rings. The first kappa shape index (κ1) is 23.4. The Morgan fingerprint density at radius 2 is 1.79 bits per heavy atom. The van der Waals surface area contributed by atoms with Gasteiger partial charge in [-0.05, 0) is 57.1 Å². The van der Waals surface area contributed by atoms with E-state index in [-0.39, 0.29) is 17.9 Å². The lowest BCUT2D eigenvalue weighted by Crippen LogP contribution is -2.40. The molecule has 3 heterocycles. The molecule has 1 atom stereocenters. The highest BCUT2D eigenvalue weighted by Gasteiger charge is 2.27. The van der Waals surface area contributed by atoms with E-state index in [4.69, 9.17) is 0 Å². The lowest BCUT2D eigenvalue weighted by molar-refractivity contribution is -0.122. The number of piperidine rings is 1. The molecule has 0 spiro atoms. The maximum Gasteiger partial charge on any atom is 0.272 e. The molecule has 0 radical (unpaired) electrons. The number of rotatable bonds is 7. The summed E-state index contributed by atoms with van der Waals surface area (Å²) in [5.74, 6) is 1.27. The Morgan fingerprint density at radius 1 is 1.03 bits per heavy atom. The molecule has 176 valence electrons. The second kappa shape index (κ2) is 10.9. The molecule has 0 aliphatic carbocycles. The standard InChI is InChI=1S/C26H35N5O2/c1-19-16-24(28-20(2)27-19)26(33)31-14-10-21(11-15-31)8-9-25(32)29-23-12-13-30(18-23)17-22-6-4-3-5-7-22/h3-7,16,21,23H,8-15,17-18H2,1-2H3,(H,29,32)/t23-/m0/s1. The normalized spacial score (nSPS) is 19.6. The highest BCUT2D eigenvalue weighted by atomic mass is 16.2. The molecule has 2 fully saturated rings. The molecule has 2 aliphatic heterocycles. The van der Waals surface area contributed by atoms with E-state index < -0.39 is 0 Å². The van der Waals surface area contributed by atoms with Gasteiger partial charge in [0.1, 0.15) is 11.5 Å². The number of amides is 2. The van der Waals surface area contributed by atoms with Crippen LogP contribution in [-0.2, 0) is 11.3 Å². The lowest BCUT2D eigenvalue weighted by Gasteiger charge is -2.32. The highest BCUT2D eigenvalue weighted by molar-refractivity contribution is 5.92. The third-order valence-electron chi connectivity index (χ3n) is 6.75. The number of carbonyl (C=O) groups excluding carboxylic acids is 2. The van der Waals surface area contributed by atoms with E-state index in [1.807, 2.05) is 24.8 Å². The van der Waals surface area contributed by atoms with Crippen LogP contribution in [0.25, 0.3) is 0 Å². The van der Waals surface area contributed by atoms with Gasteiger partial charge in [0.15, 0.2) is 0 Å². The van der Waals surface area contributed by atoms with Crippen LogP contribution in [-0.4, -0.2) is 63.8 Å². The predicted molar refractivity (Wildman–Crippen MR) is 128 cm³/mol. The van der Waals surface area contributed by atoms with Crippen LogP contribution in [0.1, 0.15) is 59.7 Å². The first-order chi connectivity index (χ1) is 16.0. The minimum absolute atomic E-state index is 0.0129. The number of carbonyl (C=O) groups is 2. The summed E-state index contributed by atoms with van der Waals surface area (Å²) in [5, 5.41) is 3.23. The van der Waals surface area contributed by atoms with Crippen molar-refractivity contribution >= 4 is 11.8 Å². The van der Waals surface area contributed by atoms with E-state index in [1.54, 1.807) is 6.07 Å². The van der Waals surface area contributed by atoms with Gasteiger partial charge in [0.2, 0.25) is 5.91 Å². The third-order valence-corrected chi connectivity index (χ3v) is 6.75. The van der Waals surface area contributed by atoms with Crippen LogP contribution in [0.5, 0.6) is 0 Å². The van der Waals surface area contributed by atoms with Crippen molar-refractivity contribution < 1.29 is 9.59 Å². The molecule has 4 rings (SSSR count). The SMILES string of the molecule is Cc1cc(C(=O)N2CCC(CCC(=O)N[C@H]3CCN(Cc4ccccc4)C3)CC2)nc(C)n1. The number of hydrogen-bond donors (Lipinski definition) is 1. The summed E-state index contributed by atoms with van der Waals surface area (Å²) < 4.78 is 0. The van der Waals surface area contributed by atoms with Gasteiger partial charge in [-0.3, -0.25) is 14.5 Å². The van der Waals surface area contributed by atoms with Crippen LogP contribution >= 0.6 is 0 Å². The van der Waals surface area contributed by atoms with Gasteiger partial charge in [0.05, 0.1) is 0 Å². The molecule has 0 bridgehead atoms. The molecular weight excluding hydrogens is 414 g/mol. The van der Waals surface area contributed by atoms with Gasteiger partial charge in [-0.15, -0.1) is 0 Å². The summed E-state index contributed by atoms with van der Waals surface area (Å²) in [6, 6.07) is 12.5. The van der Waals surface area contributed by atoms with Crippen LogP contribution in [0.15, 0.2) is 36.4 Å². The Morgan fingerprint density at radius 3 is 2.52 bits per heavy atom. The first-order valence-corrected chi connectivity index (χ1v) is 12.1. The first-order valence-electron chi connectivity index (χ1n) is 12.1. The van der Waals surface area contributed by atoms with Crippen molar-refractivity contribution in [1.29, 1.82) is 0 Å². The number of aryl methyl sites for hydroxylation is 2. The fraction of sp³-hybridized carbons (Fsp3) is 0.538. The second-order valence-electron chi connectivity index (χ2n) is 9.49. The monoisotopic (exact) mass is 449 g/mol. The zero-order valence-electron chi connectivity index (χ0n) is 19.8. The Balaban J connectivity index is 1.15. The van der Waals surface area contributed by atoms with Crippen molar-refractivity contribution in [3.05, 3.63) is 59.2 Å². The Bertz CT molecular complexity index is 936. The summed E-state index contributed by atoms with van der Waals surface area (Å²) in [6.07, 6.45) is 4.35. The molecule has 2 amide bonds. The van der Waals surface area contributed by atoms with Gasteiger partial charge in [-0.25, -0.2) is 9.97 Å². The smallest absolute Gasteiger partial charge is 0.272 e. The molecule has 7 nitrogen and oxygen atoms in total. The molecule has 0 unspecified atom stereocenters. The van der Waals surface area contributed by atoms with E-state index in [2.05, 4.69) is 44.5 Å². The third kappa shape index (κ3) is 6.60. The van der Waals surface area contributed by atoms with Gasteiger partial charge in [-0.1, -0.05) is 30.3 Å². The summed E-state index contributed by atoms with van der Waals surface area (Å²) in [7, 11) is 0. The molecule has 7 heteroatoms. The number of nitrogens with zero attached hydrogens (tertiary/aromatic N) is 4. The van der Waals surface area contributed by atoms with Gasteiger partial charge < -0.3 is 10.2 Å². The molecule has 33 heavy (non-hydrogen) atoms. The summed E-state index contributed by atoms with van der Waals surface area (Å²) in [5.41, 5.74) is 2.62. The Labute approximate surface area is 196 Å². The Hall–Kier alpha value is -2.80. The maximum atomic E-state index is 12.8. The molecule has 0 saturated carbocycles. The number of likely N-dealkylation sites (tertiary alicyclic amines) is 2. The van der Waals surface area contributed by atoms with Crippen molar-refractivity contribution in [2.75, 3.05) is 26.2 Å². The minimum Gasteiger partial charge on any atom is -0.352 e. The van der Waals surface area contributed by atoms with Crippen molar-refractivity contribution in [3.8, 4) is 0 Å². The molecule has 1 aromatic carbocycles. The quantitative estimate of drug-likeness (QED) is 0.703. The number of nitrogens with one attached hydrogen (secondary N) is 1. The van der Waals surface area contributed by atoms with Gasteiger partial charge in [-0.2, -0.15) is 0 Å². The van der Waals surface area contributed by atoms with E-state index in [1.165, 1.54) is 5.56 Å². The second-order valence-corrected chi connectivity index (χ2v) is 9.49. The highest BCUT2D eigenvalue weighted by Crippen LogP contribution is 2.23. The van der Waals surface area contributed by atoms with Crippen LogP contribution in [0.2, 0.25) is 0 Å². The molecule has 2 saturated heterocycles. The summed E-state index contributed by atoms with van der Waals surface area (Å²) in [4.78, 5) is 38.2. The number of aromatic nitrogens is 2. The van der Waals surface area contributed by atoms with Crippen molar-refractivity contribution in [2.45, 2.75) is 58.5 Å². The summed E-state index contributed by atoms with van der Waals surface area (Å²) >= 11 is 0. The van der Waals surface area contributed by atoms with Gasteiger partial charge >= 0.3 is 0 Å². The molecule has 1 aromatic heterocycles. The van der Waals surface area contributed by atoms with Crippen molar-refractivity contribution in [2.24, 2.45) is 5.92 Å². The van der Waals surface area contributed by atoms with Crippen molar-refractivity contribution in [3.63, 3.8) is 0 Å². The maximum absolute atomic E-state index is 12.8. The average molecular weight is 450 g/mol. The van der Waals surface area contributed by atoms with E-state index >= 15 is 0 Å². The molecule has 1 N–H and O–H groups in total. The Kier molecular flexibility index (Phi) is 7.70. The zero-order valence-corrected chi connectivity index (χ0v) is 19.8. The van der Waals surface area contributed by atoms with Gasteiger partial charge in [0.25, 0.3) is 5.91 Å². The average Bonchev–Trinajstić information content (AvgIpc) is 3.24. The van der Waals surface area contributed by atoms with E-state index in [0.29, 0.717) is 23.9 Å². The number of hydrogen-bond acceptors (Lipinski definition) is 5.